The van der Waals surface area contributed by atoms with Crippen LogP contribution in [-0.2, 0) is 0 Å². The summed E-state index contributed by atoms with van der Waals surface area (Å²) in [6.07, 6.45) is 4.66. The summed E-state index contributed by atoms with van der Waals surface area (Å²) in [6, 6.07) is 15.3. The molecule has 0 radical (unpaired) electrons. The fraction of sp³-hybridized carbons (Fsp3) is 0. The molecule has 0 bridgehead atoms. The molecule has 0 N–H and O–H groups in total. The number of aromatic nitrogens is 1. The Bertz CT molecular complexity index is 665. The number of hydrogen-bond donors (Lipinski definition) is 0. The van der Waals surface area contributed by atoms with Gasteiger partial charge in [0.25, 0.3) is 0 Å². The first-order valence-electron chi connectivity index (χ1n) is 5.66. The van der Waals surface area contributed by atoms with Crippen LogP contribution < -0.4 is 0 Å². The predicted octanol–water partition coefficient (Wildman–Crippen LogP) is 3.55. The van der Waals surface area contributed by atoms with Gasteiger partial charge in [0.05, 0.1) is 5.69 Å². The lowest BCUT2D eigenvalue weighted by Crippen LogP contribution is -1.92. The third-order valence-corrected chi connectivity index (χ3v) is 2.80. The average Bonchev–Trinajstić information content (AvgIpc) is 3.10. The van der Waals surface area contributed by atoms with Gasteiger partial charge in [-0.2, -0.15) is 0 Å². The maximum absolute atomic E-state index is 10.7. The summed E-state index contributed by atoms with van der Waals surface area (Å²) in [7, 11) is 0. The fourth-order valence-electron chi connectivity index (χ4n) is 1.96. The molecule has 3 heteroatoms. The van der Waals surface area contributed by atoms with Gasteiger partial charge < -0.3 is 8.98 Å². The van der Waals surface area contributed by atoms with Crippen molar-refractivity contribution in [1.82, 2.24) is 4.57 Å². The van der Waals surface area contributed by atoms with Crippen LogP contribution in [-0.4, -0.2) is 10.9 Å². The Labute approximate surface area is 104 Å². The number of furan rings is 1. The molecular weight excluding hydrogens is 226 g/mol. The van der Waals surface area contributed by atoms with Crippen molar-refractivity contribution < 1.29 is 9.21 Å². The lowest BCUT2D eigenvalue weighted by Gasteiger charge is -2.08. The molecule has 3 aromatic rings. The number of carbonyl (C=O) groups excluding carboxylic acids is 1. The third-order valence-electron chi connectivity index (χ3n) is 2.80. The summed E-state index contributed by atoms with van der Waals surface area (Å²) in [4.78, 5) is 10.7. The van der Waals surface area contributed by atoms with Crippen LogP contribution in [0.2, 0.25) is 0 Å². The highest BCUT2D eigenvalue weighted by Crippen LogP contribution is 2.28. The van der Waals surface area contributed by atoms with E-state index in [9.17, 15) is 4.79 Å². The molecule has 1 aromatic carbocycles. The average molecular weight is 237 g/mol. The topological polar surface area (TPSA) is 35.1 Å². The van der Waals surface area contributed by atoms with Gasteiger partial charge in [0.15, 0.2) is 12.0 Å². The molecule has 3 rings (SSSR count). The standard InChI is InChI=1S/C15H11NO2/c17-11-12-7-8-15(18-12)13-5-1-2-6-14(13)16-9-3-4-10-16/h1-11H. The smallest absolute Gasteiger partial charge is 0.185 e. The normalized spacial score (nSPS) is 10.4. The Hall–Kier alpha value is -2.55. The number of rotatable bonds is 3. The number of benzene rings is 1. The SMILES string of the molecule is O=Cc1ccc(-c2ccccc2-n2cccc2)o1. The zero-order chi connectivity index (χ0) is 12.4. The van der Waals surface area contributed by atoms with Crippen molar-refractivity contribution in [1.29, 1.82) is 0 Å². The summed E-state index contributed by atoms with van der Waals surface area (Å²) < 4.78 is 7.49. The summed E-state index contributed by atoms with van der Waals surface area (Å²) in [6.45, 7) is 0. The van der Waals surface area contributed by atoms with Crippen LogP contribution >= 0.6 is 0 Å². The Morgan fingerprint density at radius 3 is 2.44 bits per heavy atom. The van der Waals surface area contributed by atoms with Gasteiger partial charge in [-0.25, -0.2) is 0 Å². The minimum Gasteiger partial charge on any atom is -0.453 e. The van der Waals surface area contributed by atoms with Gasteiger partial charge in [-0.15, -0.1) is 0 Å². The highest BCUT2D eigenvalue weighted by molar-refractivity contribution is 5.75. The first-order chi connectivity index (χ1) is 8.88. The second kappa shape index (κ2) is 4.37. The third kappa shape index (κ3) is 1.76. The molecule has 0 amide bonds. The van der Waals surface area contributed by atoms with Crippen molar-refractivity contribution in [3.05, 3.63) is 66.7 Å². The van der Waals surface area contributed by atoms with E-state index in [-0.39, 0.29) is 0 Å². The van der Waals surface area contributed by atoms with Gasteiger partial charge in [-0.1, -0.05) is 12.1 Å². The van der Waals surface area contributed by atoms with E-state index in [1.165, 1.54) is 0 Å². The molecule has 0 unspecified atom stereocenters. The van der Waals surface area contributed by atoms with Crippen LogP contribution in [0.25, 0.3) is 17.0 Å². The largest absolute Gasteiger partial charge is 0.453 e. The lowest BCUT2D eigenvalue weighted by atomic mass is 10.1. The minimum absolute atomic E-state index is 0.340. The van der Waals surface area contributed by atoms with E-state index in [1.807, 2.05) is 59.4 Å². The van der Waals surface area contributed by atoms with Crippen LogP contribution in [0, 0.1) is 0 Å². The first-order valence-corrected chi connectivity index (χ1v) is 5.66. The van der Waals surface area contributed by atoms with Crippen LogP contribution in [0.1, 0.15) is 10.6 Å². The minimum atomic E-state index is 0.340. The number of hydrogen-bond acceptors (Lipinski definition) is 2. The molecule has 0 fully saturated rings. The zero-order valence-corrected chi connectivity index (χ0v) is 9.61. The van der Waals surface area contributed by atoms with Gasteiger partial charge >= 0.3 is 0 Å². The molecule has 0 aliphatic rings. The van der Waals surface area contributed by atoms with Gasteiger partial charge in [0.2, 0.25) is 0 Å². The van der Waals surface area contributed by atoms with Crippen LogP contribution in [0.15, 0.2) is 65.3 Å². The second-order valence-corrected chi connectivity index (χ2v) is 3.93. The summed E-state index contributed by atoms with van der Waals surface area (Å²) in [5.74, 6) is 1.04. The predicted molar refractivity (Wildman–Crippen MR) is 68.9 cm³/mol. The molecule has 0 aliphatic carbocycles. The van der Waals surface area contributed by atoms with Gasteiger partial charge in [-0.3, -0.25) is 4.79 Å². The zero-order valence-electron chi connectivity index (χ0n) is 9.61. The molecule has 88 valence electrons. The van der Waals surface area contributed by atoms with E-state index in [0.29, 0.717) is 17.8 Å². The molecule has 0 saturated heterocycles. The molecule has 2 aromatic heterocycles. The van der Waals surface area contributed by atoms with Crippen molar-refractivity contribution in [3.63, 3.8) is 0 Å². The molecular formula is C15H11NO2. The molecule has 3 nitrogen and oxygen atoms in total. The second-order valence-electron chi connectivity index (χ2n) is 3.93. The molecule has 18 heavy (non-hydrogen) atoms. The maximum atomic E-state index is 10.7. The van der Waals surface area contributed by atoms with Crippen molar-refractivity contribution >= 4 is 6.29 Å². The number of para-hydroxylation sites is 1. The summed E-state index contributed by atoms with van der Waals surface area (Å²) >= 11 is 0. The highest BCUT2D eigenvalue weighted by atomic mass is 16.3. The van der Waals surface area contributed by atoms with Crippen molar-refractivity contribution in [2.75, 3.05) is 0 Å². The van der Waals surface area contributed by atoms with Crippen LogP contribution in [0.3, 0.4) is 0 Å². The summed E-state index contributed by atoms with van der Waals surface area (Å²) in [5.41, 5.74) is 1.98. The van der Waals surface area contributed by atoms with E-state index in [0.717, 1.165) is 11.3 Å². The van der Waals surface area contributed by atoms with Crippen molar-refractivity contribution in [2.45, 2.75) is 0 Å². The van der Waals surface area contributed by atoms with E-state index in [4.69, 9.17) is 4.42 Å². The van der Waals surface area contributed by atoms with Crippen molar-refractivity contribution in [2.24, 2.45) is 0 Å². The Morgan fingerprint density at radius 1 is 0.944 bits per heavy atom. The quantitative estimate of drug-likeness (QED) is 0.653. The maximum Gasteiger partial charge on any atom is 0.185 e. The molecule has 0 spiro atoms. The van der Waals surface area contributed by atoms with E-state index in [2.05, 4.69) is 0 Å². The highest BCUT2D eigenvalue weighted by Gasteiger charge is 2.09. The van der Waals surface area contributed by atoms with Gasteiger partial charge in [-0.05, 0) is 36.4 Å². The first kappa shape index (κ1) is 10.6. The fourth-order valence-corrected chi connectivity index (χ4v) is 1.96. The number of aldehydes is 1. The molecule has 0 saturated carbocycles. The number of carbonyl (C=O) groups is 1. The van der Waals surface area contributed by atoms with Gasteiger partial charge in [0, 0.05) is 18.0 Å². The van der Waals surface area contributed by atoms with E-state index in [1.54, 1.807) is 6.07 Å². The summed E-state index contributed by atoms with van der Waals surface area (Å²) in [5, 5.41) is 0. The monoisotopic (exact) mass is 237 g/mol. The Kier molecular flexibility index (Phi) is 2.57. The van der Waals surface area contributed by atoms with Crippen LogP contribution in [0.4, 0.5) is 0 Å². The van der Waals surface area contributed by atoms with Gasteiger partial charge in [0.1, 0.15) is 5.76 Å². The molecule has 0 aliphatic heterocycles. The van der Waals surface area contributed by atoms with E-state index >= 15 is 0 Å². The molecule has 2 heterocycles. The lowest BCUT2D eigenvalue weighted by molar-refractivity contribution is 0.110. The van der Waals surface area contributed by atoms with Crippen molar-refractivity contribution in [3.8, 4) is 17.0 Å². The van der Waals surface area contributed by atoms with Crippen LogP contribution in [0.5, 0.6) is 0 Å². The Balaban J connectivity index is 2.15. The number of nitrogens with zero attached hydrogens (tertiary/aromatic N) is 1. The Morgan fingerprint density at radius 2 is 1.72 bits per heavy atom. The molecule has 0 atom stereocenters. The van der Waals surface area contributed by atoms with E-state index < -0.39 is 0 Å².